The summed E-state index contributed by atoms with van der Waals surface area (Å²) in [4.78, 5) is 24.3. The maximum atomic E-state index is 11.8. The van der Waals surface area contributed by atoms with Crippen LogP contribution in [0.5, 0.6) is 5.75 Å². The molecule has 2 rings (SSSR count). The summed E-state index contributed by atoms with van der Waals surface area (Å²) in [6, 6.07) is 8.35. The molecule has 120 valence electrons. The van der Waals surface area contributed by atoms with Crippen molar-refractivity contribution in [2.45, 2.75) is 18.6 Å². The molecule has 1 fully saturated rings. The third-order valence-corrected chi connectivity index (χ3v) is 3.44. The zero-order valence-electron chi connectivity index (χ0n) is 12.1. The summed E-state index contributed by atoms with van der Waals surface area (Å²) in [5, 5.41) is 21.6. The molecule has 1 amide bonds. The van der Waals surface area contributed by atoms with E-state index in [4.69, 9.17) is 9.84 Å². The predicted molar refractivity (Wildman–Crippen MR) is 78.6 cm³/mol. The highest BCUT2D eigenvalue weighted by Crippen LogP contribution is 2.12. The minimum Gasteiger partial charge on any atom is -0.491 e. The molecule has 1 aliphatic rings. The Hall–Kier alpha value is -2.12. The fourth-order valence-electron chi connectivity index (χ4n) is 2.40. The molecular weight excluding hydrogens is 288 g/mol. The van der Waals surface area contributed by atoms with E-state index in [1.807, 2.05) is 18.2 Å². The van der Waals surface area contributed by atoms with Gasteiger partial charge in [-0.3, -0.25) is 14.5 Å². The topological polar surface area (TPSA) is 99.1 Å². The van der Waals surface area contributed by atoms with Crippen LogP contribution >= 0.6 is 0 Å². The molecule has 1 aromatic carbocycles. The largest absolute Gasteiger partial charge is 0.491 e. The van der Waals surface area contributed by atoms with Gasteiger partial charge in [-0.2, -0.15) is 0 Å². The molecule has 1 heterocycles. The SMILES string of the molecule is O=C(O)CC1C(=O)NCCN1CC(O)COc1ccccc1. The first kappa shape index (κ1) is 16.3. The summed E-state index contributed by atoms with van der Waals surface area (Å²) < 4.78 is 5.46. The van der Waals surface area contributed by atoms with Crippen molar-refractivity contribution in [3.8, 4) is 5.75 Å². The van der Waals surface area contributed by atoms with Crippen LogP contribution in [0.1, 0.15) is 6.42 Å². The number of nitrogens with one attached hydrogen (secondary N) is 1. The molecule has 3 N–H and O–H groups in total. The van der Waals surface area contributed by atoms with Crippen molar-refractivity contribution in [2.24, 2.45) is 0 Å². The third-order valence-electron chi connectivity index (χ3n) is 3.44. The number of aliphatic hydroxyl groups is 1. The van der Waals surface area contributed by atoms with E-state index in [1.165, 1.54) is 0 Å². The molecule has 1 aliphatic heterocycles. The molecule has 1 aromatic rings. The summed E-state index contributed by atoms with van der Waals surface area (Å²) in [6.45, 7) is 1.23. The molecule has 0 radical (unpaired) electrons. The van der Waals surface area contributed by atoms with E-state index in [1.54, 1.807) is 17.0 Å². The number of benzene rings is 1. The number of piperazine rings is 1. The van der Waals surface area contributed by atoms with E-state index >= 15 is 0 Å². The summed E-state index contributed by atoms with van der Waals surface area (Å²) >= 11 is 0. The highest BCUT2D eigenvalue weighted by Gasteiger charge is 2.32. The van der Waals surface area contributed by atoms with E-state index in [2.05, 4.69) is 5.32 Å². The first-order chi connectivity index (χ1) is 10.6. The lowest BCUT2D eigenvalue weighted by atomic mass is 10.1. The second-order valence-electron chi connectivity index (χ2n) is 5.18. The van der Waals surface area contributed by atoms with Gasteiger partial charge in [0, 0.05) is 19.6 Å². The Kier molecular flexibility index (Phi) is 5.74. The number of rotatable bonds is 7. The number of carboxylic acids is 1. The molecular formula is C15H20N2O5. The number of hydrogen-bond acceptors (Lipinski definition) is 5. The van der Waals surface area contributed by atoms with Gasteiger partial charge >= 0.3 is 5.97 Å². The summed E-state index contributed by atoms with van der Waals surface area (Å²) in [6.07, 6.45) is -1.08. The molecule has 1 saturated heterocycles. The van der Waals surface area contributed by atoms with Gasteiger partial charge < -0.3 is 20.3 Å². The molecule has 7 nitrogen and oxygen atoms in total. The van der Waals surface area contributed by atoms with Gasteiger partial charge in [-0.25, -0.2) is 0 Å². The van der Waals surface area contributed by atoms with Gasteiger partial charge in [-0.15, -0.1) is 0 Å². The predicted octanol–water partition coefficient (Wildman–Crippen LogP) is -0.299. The Morgan fingerprint density at radius 3 is 2.82 bits per heavy atom. The maximum absolute atomic E-state index is 11.8. The van der Waals surface area contributed by atoms with Crippen LogP contribution in [0.2, 0.25) is 0 Å². The van der Waals surface area contributed by atoms with Crippen molar-refractivity contribution in [1.29, 1.82) is 0 Å². The minimum atomic E-state index is -1.04. The minimum absolute atomic E-state index is 0.0852. The number of para-hydroxylation sites is 1. The Morgan fingerprint density at radius 1 is 1.41 bits per heavy atom. The van der Waals surface area contributed by atoms with E-state index in [-0.39, 0.29) is 25.5 Å². The first-order valence-corrected chi connectivity index (χ1v) is 7.15. The number of nitrogens with zero attached hydrogens (tertiary/aromatic N) is 1. The van der Waals surface area contributed by atoms with E-state index in [9.17, 15) is 14.7 Å². The molecule has 0 aliphatic carbocycles. The lowest BCUT2D eigenvalue weighted by Crippen LogP contribution is -2.57. The Balaban J connectivity index is 1.86. The van der Waals surface area contributed by atoms with Crippen LogP contribution in [0.15, 0.2) is 30.3 Å². The quantitative estimate of drug-likeness (QED) is 0.640. The van der Waals surface area contributed by atoms with Gasteiger partial charge in [0.05, 0.1) is 12.5 Å². The Bertz CT molecular complexity index is 508. The maximum Gasteiger partial charge on any atom is 0.305 e. The van der Waals surface area contributed by atoms with Gasteiger partial charge in [-0.05, 0) is 12.1 Å². The van der Waals surface area contributed by atoms with Crippen LogP contribution in [0, 0.1) is 0 Å². The average molecular weight is 308 g/mol. The molecule has 0 aromatic heterocycles. The Labute approximate surface area is 128 Å². The molecule has 2 unspecified atom stereocenters. The average Bonchev–Trinajstić information content (AvgIpc) is 2.49. The number of amides is 1. The summed E-state index contributed by atoms with van der Waals surface area (Å²) in [5.41, 5.74) is 0. The van der Waals surface area contributed by atoms with E-state index in [0.717, 1.165) is 0 Å². The first-order valence-electron chi connectivity index (χ1n) is 7.15. The molecule has 0 spiro atoms. The molecule has 7 heteroatoms. The van der Waals surface area contributed by atoms with E-state index in [0.29, 0.717) is 18.8 Å². The van der Waals surface area contributed by atoms with Crippen molar-refractivity contribution in [2.75, 3.05) is 26.2 Å². The number of ether oxygens (including phenoxy) is 1. The third kappa shape index (κ3) is 4.71. The van der Waals surface area contributed by atoms with Crippen molar-refractivity contribution >= 4 is 11.9 Å². The summed E-state index contributed by atoms with van der Waals surface area (Å²) in [7, 11) is 0. The van der Waals surface area contributed by atoms with Gasteiger partial charge in [0.25, 0.3) is 0 Å². The van der Waals surface area contributed by atoms with Gasteiger partial charge in [-0.1, -0.05) is 18.2 Å². The molecule has 2 atom stereocenters. The van der Waals surface area contributed by atoms with Crippen molar-refractivity contribution in [3.05, 3.63) is 30.3 Å². The van der Waals surface area contributed by atoms with Crippen molar-refractivity contribution in [3.63, 3.8) is 0 Å². The number of carboxylic acid groups (broad SMARTS) is 1. The zero-order valence-corrected chi connectivity index (χ0v) is 12.1. The Morgan fingerprint density at radius 2 is 2.14 bits per heavy atom. The van der Waals surface area contributed by atoms with Crippen LogP contribution in [-0.2, 0) is 9.59 Å². The lowest BCUT2D eigenvalue weighted by Gasteiger charge is -2.35. The molecule has 0 bridgehead atoms. The van der Waals surface area contributed by atoms with Gasteiger partial charge in [0.15, 0.2) is 0 Å². The zero-order chi connectivity index (χ0) is 15.9. The number of carbonyl (C=O) groups is 2. The number of carbonyl (C=O) groups excluding carboxylic acids is 1. The van der Waals surface area contributed by atoms with Gasteiger partial charge in [0.1, 0.15) is 18.5 Å². The van der Waals surface area contributed by atoms with Crippen molar-refractivity contribution < 1.29 is 24.5 Å². The normalized spacial score (nSPS) is 20.2. The molecule has 0 saturated carbocycles. The van der Waals surface area contributed by atoms with Crippen LogP contribution in [0.3, 0.4) is 0 Å². The number of hydrogen-bond donors (Lipinski definition) is 3. The van der Waals surface area contributed by atoms with Gasteiger partial charge in [0.2, 0.25) is 5.91 Å². The fourth-order valence-corrected chi connectivity index (χ4v) is 2.40. The lowest BCUT2D eigenvalue weighted by molar-refractivity contribution is -0.143. The second kappa shape index (κ2) is 7.77. The number of β-amino-alcohol motifs (C(OH)–C–C–N with tert-alkyl or cyclic N) is 1. The molecule has 22 heavy (non-hydrogen) atoms. The number of aliphatic carboxylic acids is 1. The van der Waals surface area contributed by atoms with Crippen LogP contribution in [0.25, 0.3) is 0 Å². The van der Waals surface area contributed by atoms with E-state index < -0.39 is 18.1 Å². The number of aliphatic hydroxyl groups excluding tert-OH is 1. The standard InChI is InChI=1S/C15H20N2O5/c18-11(10-22-12-4-2-1-3-5-12)9-17-7-6-16-15(21)13(17)8-14(19)20/h1-5,11,13,18H,6-10H2,(H,16,21)(H,19,20). The van der Waals surface area contributed by atoms with Crippen LogP contribution in [-0.4, -0.2) is 65.4 Å². The summed E-state index contributed by atoms with van der Waals surface area (Å²) in [5.74, 6) is -0.702. The highest BCUT2D eigenvalue weighted by atomic mass is 16.5. The smallest absolute Gasteiger partial charge is 0.305 e. The van der Waals surface area contributed by atoms with Crippen LogP contribution < -0.4 is 10.1 Å². The highest BCUT2D eigenvalue weighted by molar-refractivity contribution is 5.86. The fraction of sp³-hybridized carbons (Fsp3) is 0.467. The monoisotopic (exact) mass is 308 g/mol. The van der Waals surface area contributed by atoms with Crippen LogP contribution in [0.4, 0.5) is 0 Å². The second-order valence-corrected chi connectivity index (χ2v) is 5.18. The van der Waals surface area contributed by atoms with Crippen molar-refractivity contribution in [1.82, 2.24) is 10.2 Å².